The largest absolute Gasteiger partial charge is 0.495 e. The Kier molecular flexibility index (Phi) is 5.73. The highest BCUT2D eigenvalue weighted by molar-refractivity contribution is 5.95. The maximum atomic E-state index is 12.4. The molecule has 0 saturated carbocycles. The third kappa shape index (κ3) is 4.99. The molecule has 2 aromatic carbocycles. The molecule has 134 valence electrons. The van der Waals surface area contributed by atoms with Crippen molar-refractivity contribution in [2.75, 3.05) is 12.4 Å². The lowest BCUT2D eigenvalue weighted by Gasteiger charge is -2.20. The van der Waals surface area contributed by atoms with Crippen molar-refractivity contribution in [2.24, 2.45) is 0 Å². The molecule has 2 rings (SSSR count). The molecule has 0 bridgehead atoms. The molecule has 1 atom stereocenters. The van der Waals surface area contributed by atoms with Crippen molar-refractivity contribution in [3.8, 4) is 11.5 Å². The first-order valence-corrected chi connectivity index (χ1v) is 8.43. The number of amides is 1. The Morgan fingerprint density at radius 1 is 1.08 bits per heavy atom. The number of carbonyl (C=O) groups excluding carboxylic acids is 1. The van der Waals surface area contributed by atoms with Gasteiger partial charge < -0.3 is 14.8 Å². The zero-order chi connectivity index (χ0) is 18.6. The van der Waals surface area contributed by atoms with Gasteiger partial charge in [-0.25, -0.2) is 0 Å². The van der Waals surface area contributed by atoms with E-state index in [0.29, 0.717) is 17.2 Å². The van der Waals surface area contributed by atoms with Gasteiger partial charge in [-0.3, -0.25) is 4.79 Å². The van der Waals surface area contributed by atoms with Crippen LogP contribution in [0.15, 0.2) is 42.5 Å². The molecule has 25 heavy (non-hydrogen) atoms. The lowest BCUT2D eigenvalue weighted by Crippen LogP contribution is -2.30. The van der Waals surface area contributed by atoms with E-state index in [1.165, 1.54) is 5.56 Å². The number of methoxy groups -OCH3 is 1. The molecule has 1 N–H and O–H groups in total. The molecule has 0 aliphatic heterocycles. The number of ether oxygens (including phenoxy) is 2. The Labute approximate surface area is 150 Å². The summed E-state index contributed by atoms with van der Waals surface area (Å²) in [6, 6.07) is 13.5. The van der Waals surface area contributed by atoms with E-state index in [4.69, 9.17) is 9.47 Å². The molecule has 0 aromatic heterocycles. The second-order valence-corrected chi connectivity index (χ2v) is 7.23. The Hall–Kier alpha value is -2.49. The van der Waals surface area contributed by atoms with E-state index in [-0.39, 0.29) is 11.3 Å². The van der Waals surface area contributed by atoms with Gasteiger partial charge in [-0.2, -0.15) is 0 Å². The van der Waals surface area contributed by atoms with Gasteiger partial charge in [-0.05, 0) is 54.7 Å². The summed E-state index contributed by atoms with van der Waals surface area (Å²) in [5.41, 5.74) is 3.00. The van der Waals surface area contributed by atoms with Crippen LogP contribution in [0.1, 0.15) is 38.8 Å². The standard InChI is InChI=1S/C21H27NO3/c1-14-7-12-19(24-6)18(13-14)22-20(23)15(2)25-17-10-8-16(9-11-17)21(3,4)5/h7-13,15H,1-6H3,(H,22,23)/t15-/m1/s1. The normalized spacial score (nSPS) is 12.4. The van der Waals surface area contributed by atoms with Crippen molar-refractivity contribution in [3.63, 3.8) is 0 Å². The van der Waals surface area contributed by atoms with Crippen LogP contribution in [-0.4, -0.2) is 19.1 Å². The van der Waals surface area contributed by atoms with Crippen molar-refractivity contribution < 1.29 is 14.3 Å². The van der Waals surface area contributed by atoms with Gasteiger partial charge in [0, 0.05) is 0 Å². The molecule has 0 heterocycles. The van der Waals surface area contributed by atoms with Crippen LogP contribution >= 0.6 is 0 Å². The lowest BCUT2D eigenvalue weighted by molar-refractivity contribution is -0.122. The number of aryl methyl sites for hydroxylation is 1. The fourth-order valence-electron chi connectivity index (χ4n) is 2.45. The van der Waals surface area contributed by atoms with Gasteiger partial charge in [0.1, 0.15) is 11.5 Å². The van der Waals surface area contributed by atoms with Gasteiger partial charge >= 0.3 is 0 Å². The SMILES string of the molecule is COc1ccc(C)cc1NC(=O)[C@@H](C)Oc1ccc(C(C)(C)C)cc1. The number of nitrogens with one attached hydrogen (secondary N) is 1. The second kappa shape index (κ2) is 7.60. The molecule has 0 unspecified atom stereocenters. The highest BCUT2D eigenvalue weighted by Gasteiger charge is 2.18. The van der Waals surface area contributed by atoms with Crippen molar-refractivity contribution in [3.05, 3.63) is 53.6 Å². The second-order valence-electron chi connectivity index (χ2n) is 7.23. The zero-order valence-electron chi connectivity index (χ0n) is 15.8. The smallest absolute Gasteiger partial charge is 0.265 e. The van der Waals surface area contributed by atoms with Crippen LogP contribution in [0.2, 0.25) is 0 Å². The number of benzene rings is 2. The predicted octanol–water partition coefficient (Wildman–Crippen LogP) is 4.71. The van der Waals surface area contributed by atoms with E-state index < -0.39 is 6.10 Å². The summed E-state index contributed by atoms with van der Waals surface area (Å²) in [5, 5.41) is 2.87. The first-order valence-electron chi connectivity index (χ1n) is 8.43. The number of rotatable bonds is 5. The summed E-state index contributed by atoms with van der Waals surface area (Å²) in [7, 11) is 1.58. The lowest BCUT2D eigenvalue weighted by atomic mass is 9.87. The van der Waals surface area contributed by atoms with Crippen LogP contribution in [0.3, 0.4) is 0 Å². The quantitative estimate of drug-likeness (QED) is 0.857. The van der Waals surface area contributed by atoms with Gasteiger partial charge in [0.15, 0.2) is 6.10 Å². The van der Waals surface area contributed by atoms with E-state index in [9.17, 15) is 4.79 Å². The molecular weight excluding hydrogens is 314 g/mol. The number of hydrogen-bond acceptors (Lipinski definition) is 3. The highest BCUT2D eigenvalue weighted by atomic mass is 16.5. The predicted molar refractivity (Wildman–Crippen MR) is 102 cm³/mol. The van der Waals surface area contributed by atoms with Crippen LogP contribution < -0.4 is 14.8 Å². The molecule has 0 radical (unpaired) electrons. The van der Waals surface area contributed by atoms with Gasteiger partial charge in [0.25, 0.3) is 5.91 Å². The first kappa shape index (κ1) is 18.8. The maximum Gasteiger partial charge on any atom is 0.265 e. The van der Waals surface area contributed by atoms with E-state index in [1.807, 2.05) is 49.4 Å². The Morgan fingerprint density at radius 2 is 1.72 bits per heavy atom. The maximum absolute atomic E-state index is 12.4. The van der Waals surface area contributed by atoms with Crippen molar-refractivity contribution in [1.29, 1.82) is 0 Å². The summed E-state index contributed by atoms with van der Waals surface area (Å²) < 4.78 is 11.1. The van der Waals surface area contributed by atoms with Crippen molar-refractivity contribution in [2.45, 2.75) is 46.1 Å². The third-order valence-corrected chi connectivity index (χ3v) is 4.02. The molecule has 0 saturated heterocycles. The van der Waals surface area contributed by atoms with E-state index >= 15 is 0 Å². The van der Waals surface area contributed by atoms with Crippen molar-refractivity contribution >= 4 is 11.6 Å². The minimum Gasteiger partial charge on any atom is -0.495 e. The van der Waals surface area contributed by atoms with Crippen LogP contribution in [0.4, 0.5) is 5.69 Å². The fraction of sp³-hybridized carbons (Fsp3) is 0.381. The summed E-state index contributed by atoms with van der Waals surface area (Å²) in [5.74, 6) is 1.08. The molecular formula is C21H27NO3. The van der Waals surface area contributed by atoms with Crippen molar-refractivity contribution in [1.82, 2.24) is 0 Å². The number of carbonyl (C=O) groups is 1. The molecule has 0 spiro atoms. The van der Waals surface area contributed by atoms with Gasteiger partial charge in [0.2, 0.25) is 0 Å². The van der Waals surface area contributed by atoms with E-state index in [2.05, 4.69) is 26.1 Å². The minimum atomic E-state index is -0.620. The zero-order valence-corrected chi connectivity index (χ0v) is 15.8. The third-order valence-electron chi connectivity index (χ3n) is 4.02. The molecule has 1 amide bonds. The highest BCUT2D eigenvalue weighted by Crippen LogP contribution is 2.26. The van der Waals surface area contributed by atoms with Gasteiger partial charge in [-0.1, -0.05) is 39.0 Å². The van der Waals surface area contributed by atoms with E-state index in [0.717, 1.165) is 5.56 Å². The number of hydrogen-bond donors (Lipinski definition) is 1. The van der Waals surface area contributed by atoms with Crippen LogP contribution in [0.5, 0.6) is 11.5 Å². The Balaban J connectivity index is 2.04. The fourth-order valence-corrected chi connectivity index (χ4v) is 2.45. The first-order chi connectivity index (χ1) is 11.7. The Bertz CT molecular complexity index is 730. The molecule has 4 heteroatoms. The van der Waals surface area contributed by atoms with Gasteiger partial charge in [-0.15, -0.1) is 0 Å². The average molecular weight is 341 g/mol. The van der Waals surface area contributed by atoms with Crippen LogP contribution in [0, 0.1) is 6.92 Å². The summed E-state index contributed by atoms with van der Waals surface area (Å²) in [6.45, 7) is 10.2. The average Bonchev–Trinajstić information content (AvgIpc) is 2.54. The van der Waals surface area contributed by atoms with Crippen LogP contribution in [0.25, 0.3) is 0 Å². The molecule has 0 fully saturated rings. The van der Waals surface area contributed by atoms with E-state index in [1.54, 1.807) is 14.0 Å². The topological polar surface area (TPSA) is 47.6 Å². The summed E-state index contributed by atoms with van der Waals surface area (Å²) in [6.07, 6.45) is -0.620. The molecule has 4 nitrogen and oxygen atoms in total. The minimum absolute atomic E-state index is 0.0866. The molecule has 0 aliphatic carbocycles. The van der Waals surface area contributed by atoms with Crippen LogP contribution in [-0.2, 0) is 10.2 Å². The monoisotopic (exact) mass is 341 g/mol. The molecule has 0 aliphatic rings. The van der Waals surface area contributed by atoms with Gasteiger partial charge in [0.05, 0.1) is 12.8 Å². The molecule has 2 aromatic rings. The summed E-state index contributed by atoms with van der Waals surface area (Å²) >= 11 is 0. The number of anilines is 1. The summed E-state index contributed by atoms with van der Waals surface area (Å²) in [4.78, 5) is 12.4. The Morgan fingerprint density at radius 3 is 2.28 bits per heavy atom.